The van der Waals surface area contributed by atoms with Gasteiger partial charge in [0, 0.05) is 0 Å². The molecule has 0 aliphatic carbocycles. The maximum absolute atomic E-state index is 13.5. The minimum atomic E-state index is -4.14. The Labute approximate surface area is 261 Å². The van der Waals surface area contributed by atoms with Crippen LogP contribution in [0.4, 0.5) is 11.8 Å². The van der Waals surface area contributed by atoms with Gasteiger partial charge in [0.05, 0.1) is 44.6 Å². The van der Waals surface area contributed by atoms with Gasteiger partial charge in [0.15, 0.2) is 35.1 Å². The Morgan fingerprint density at radius 2 is 1.56 bits per heavy atom. The Hall–Kier alpha value is -2.63. The minimum absolute atomic E-state index is 0.00721. The van der Waals surface area contributed by atoms with Crippen LogP contribution in [0.2, 0.25) is 0 Å². The smallest absolute Gasteiger partial charge is 0.324 e. The SMILES string of the molecule is Nc1nc2c(ncn2[C@@H]2O[C@@H]3COP([O-])(=S)NC4[C@@H](COP(=O)(S)N[C@@H]3C2O)O[C@@H](n2cnc3c(N)ncnc32)[C@H]4O)c(=O)[nH]1. The second-order valence-corrected chi connectivity index (χ2v) is 16.5. The number of H-pyrrole nitrogens is 1. The van der Waals surface area contributed by atoms with Crippen LogP contribution in [0, 0.1) is 0 Å². The van der Waals surface area contributed by atoms with Gasteiger partial charge in [0.1, 0.15) is 36.3 Å². The average Bonchev–Trinajstić information content (AvgIpc) is 3.72. The van der Waals surface area contributed by atoms with Gasteiger partial charge < -0.3 is 45.1 Å². The number of nitrogen functional groups attached to an aromatic ring is 2. The quantitative estimate of drug-likeness (QED) is 0.0774. The number of hydrogen-bond donors (Lipinski definition) is 8. The maximum Gasteiger partial charge on any atom is 0.324 e. The Morgan fingerprint density at radius 1 is 0.956 bits per heavy atom. The molecular formula is C20H25N12O9P2S2-. The number of anilines is 2. The number of fused-ring (bicyclic) bond motifs is 4. The van der Waals surface area contributed by atoms with Crippen LogP contribution in [-0.4, -0.2) is 99.0 Å². The van der Waals surface area contributed by atoms with E-state index in [4.69, 9.17) is 41.8 Å². The molecule has 0 saturated carbocycles. The fraction of sp³-hybridized carbons (Fsp3) is 0.500. The third kappa shape index (κ3) is 5.56. The van der Waals surface area contributed by atoms with Crippen molar-refractivity contribution in [2.24, 2.45) is 0 Å². The average molecular weight is 704 g/mol. The lowest BCUT2D eigenvalue weighted by Crippen LogP contribution is -2.48. The topological polar surface area (TPSA) is 301 Å². The molecule has 4 unspecified atom stereocenters. The van der Waals surface area contributed by atoms with Crippen LogP contribution in [0.3, 0.4) is 0 Å². The number of aromatic amines is 1. The van der Waals surface area contributed by atoms with Crippen LogP contribution in [0.1, 0.15) is 12.5 Å². The molecule has 0 aromatic carbocycles. The largest absolute Gasteiger partial charge is 0.789 e. The minimum Gasteiger partial charge on any atom is -0.789 e. The van der Waals surface area contributed by atoms with Crippen molar-refractivity contribution >= 4 is 71.5 Å². The molecule has 0 spiro atoms. The lowest BCUT2D eigenvalue weighted by molar-refractivity contribution is -0.190. The van der Waals surface area contributed by atoms with E-state index in [0.29, 0.717) is 0 Å². The monoisotopic (exact) mass is 703 g/mol. The number of nitrogens with two attached hydrogens (primary N) is 2. The zero-order valence-electron chi connectivity index (χ0n) is 22.6. The highest BCUT2D eigenvalue weighted by Crippen LogP contribution is 2.51. The molecule has 3 aliphatic heterocycles. The molecular weight excluding hydrogens is 678 g/mol. The molecule has 4 aromatic heterocycles. The summed E-state index contributed by atoms with van der Waals surface area (Å²) >= 11 is 9.42. The molecule has 3 fully saturated rings. The number of rotatable bonds is 2. The second kappa shape index (κ2) is 11.3. The zero-order valence-corrected chi connectivity index (χ0v) is 26.1. The molecule has 45 heavy (non-hydrogen) atoms. The van der Waals surface area contributed by atoms with E-state index in [9.17, 15) is 24.5 Å². The van der Waals surface area contributed by atoms with Crippen molar-refractivity contribution in [2.45, 2.75) is 49.0 Å². The highest BCUT2D eigenvalue weighted by Gasteiger charge is 2.50. The number of nitrogens with one attached hydrogen (secondary N) is 3. The van der Waals surface area contributed by atoms with Gasteiger partial charge in [0.2, 0.25) is 5.95 Å². The van der Waals surface area contributed by atoms with E-state index in [1.54, 1.807) is 0 Å². The third-order valence-electron chi connectivity index (χ3n) is 7.58. The van der Waals surface area contributed by atoms with Crippen LogP contribution < -0.4 is 32.1 Å². The third-order valence-corrected chi connectivity index (χ3v) is 11.1. The normalized spacial score (nSPS) is 37.7. The van der Waals surface area contributed by atoms with Gasteiger partial charge in [-0.05, 0) is 0 Å². The van der Waals surface area contributed by atoms with Gasteiger partial charge in [-0.2, -0.15) is 4.98 Å². The van der Waals surface area contributed by atoms with Gasteiger partial charge in [-0.1, -0.05) is 24.1 Å². The van der Waals surface area contributed by atoms with E-state index in [0.717, 1.165) is 0 Å². The molecule has 0 radical (unpaired) electrons. The summed E-state index contributed by atoms with van der Waals surface area (Å²) in [5, 5.41) is 27.9. The Bertz CT molecular complexity index is 1940. The van der Waals surface area contributed by atoms with Crippen LogP contribution in [0.15, 0.2) is 23.8 Å². The molecule has 25 heteroatoms. The number of nitrogens with zero attached hydrogens (tertiary/aromatic N) is 7. The molecule has 3 aliphatic rings. The van der Waals surface area contributed by atoms with Crippen LogP contribution >= 0.6 is 25.6 Å². The van der Waals surface area contributed by atoms with Crippen LogP contribution in [-0.2, 0) is 34.9 Å². The number of thiol groups is 1. The van der Waals surface area contributed by atoms with Crippen molar-refractivity contribution in [1.29, 1.82) is 0 Å². The first-order valence-corrected chi connectivity index (χ1v) is 18.5. The summed E-state index contributed by atoms with van der Waals surface area (Å²) in [6.45, 7) is -9.13. The van der Waals surface area contributed by atoms with Gasteiger partial charge in [-0.15, -0.1) is 0 Å². The highest BCUT2D eigenvalue weighted by atomic mass is 32.7. The summed E-state index contributed by atoms with van der Waals surface area (Å²) in [5.41, 5.74) is 11.4. The lowest BCUT2D eigenvalue weighted by Gasteiger charge is -2.36. The van der Waals surface area contributed by atoms with Crippen molar-refractivity contribution in [1.82, 2.24) is 49.2 Å². The Kier molecular flexibility index (Phi) is 7.76. The summed E-state index contributed by atoms with van der Waals surface area (Å²) in [5.74, 6) is -0.0888. The van der Waals surface area contributed by atoms with E-state index in [2.05, 4.69) is 52.3 Å². The van der Waals surface area contributed by atoms with Crippen molar-refractivity contribution in [2.75, 3.05) is 24.7 Å². The zero-order chi connectivity index (χ0) is 31.8. The highest BCUT2D eigenvalue weighted by molar-refractivity contribution is 8.45. The van der Waals surface area contributed by atoms with Gasteiger partial charge >= 0.3 is 6.72 Å². The molecule has 4 aromatic rings. The van der Waals surface area contributed by atoms with E-state index >= 15 is 0 Å². The van der Waals surface area contributed by atoms with Crippen molar-refractivity contribution < 1.29 is 38.2 Å². The van der Waals surface area contributed by atoms with E-state index in [1.807, 2.05) is 0 Å². The molecule has 9 N–H and O–H groups in total. The van der Waals surface area contributed by atoms with E-state index in [1.165, 1.54) is 28.1 Å². The number of aromatic nitrogens is 8. The summed E-state index contributed by atoms with van der Waals surface area (Å²) < 4.78 is 39.5. The molecule has 7 rings (SSSR count). The van der Waals surface area contributed by atoms with E-state index < -0.39 is 81.1 Å². The number of ether oxygens (including phenoxy) is 2. The summed E-state index contributed by atoms with van der Waals surface area (Å²) in [4.78, 5) is 48.4. The molecule has 0 amide bonds. The molecule has 3 saturated heterocycles. The van der Waals surface area contributed by atoms with Crippen LogP contribution in [0.25, 0.3) is 22.3 Å². The van der Waals surface area contributed by atoms with Gasteiger partial charge in [-0.25, -0.2) is 25.0 Å². The second-order valence-electron chi connectivity index (χ2n) is 10.4. The van der Waals surface area contributed by atoms with Crippen molar-refractivity contribution in [3.8, 4) is 0 Å². The van der Waals surface area contributed by atoms with E-state index in [-0.39, 0.29) is 34.1 Å². The van der Waals surface area contributed by atoms with Crippen LogP contribution in [0.5, 0.6) is 0 Å². The summed E-state index contributed by atoms with van der Waals surface area (Å²) in [7, 11) is 0. The lowest BCUT2D eigenvalue weighted by atomic mass is 10.1. The van der Waals surface area contributed by atoms with Crippen molar-refractivity contribution in [3.05, 3.63) is 29.3 Å². The number of aliphatic hydroxyl groups is 2. The molecule has 21 nitrogen and oxygen atoms in total. The molecule has 242 valence electrons. The first-order chi connectivity index (χ1) is 21.3. The predicted octanol–water partition coefficient (Wildman–Crippen LogP) is -2.77. The first kappa shape index (κ1) is 31.0. The molecule has 0 bridgehead atoms. The fourth-order valence-corrected chi connectivity index (χ4v) is 8.89. The summed E-state index contributed by atoms with van der Waals surface area (Å²) in [6, 6.07) is -2.35. The predicted molar refractivity (Wildman–Crippen MR) is 159 cm³/mol. The Morgan fingerprint density at radius 3 is 2.24 bits per heavy atom. The standard InChI is InChI=1S/C20H26N12O9P2S2/c21-14-10-15(24-3-23-14)31(4-25-10)18-12(33)8-6(40-18)1-38-43(37,45)30-9-7(2-39-42(36,44)29-8)41-19(13(9)34)32-5-26-11-16(32)27-20(22)28-17(11)35/h3-9,12-13,18-19,33-34H,1-2H2,(H2,21,23,24)(H2,29,36,44)(H2,30,37,45)(H3,22,27,28,35)/p-1/t6-,7-,8?,9+,12+,13?,18-,19-,42?,43?/m1/s1. The number of hydrogen-bond acceptors (Lipinski definition) is 17. The number of aliphatic hydroxyl groups excluding tert-OH is 2. The fourth-order valence-electron chi connectivity index (χ4n) is 5.53. The number of imidazole rings is 2. The molecule has 10 atom stereocenters. The van der Waals surface area contributed by atoms with Gasteiger partial charge in [0.25, 0.3) is 5.56 Å². The molecule has 7 heterocycles. The summed E-state index contributed by atoms with van der Waals surface area (Å²) in [6.07, 6.45) is -3.75. The van der Waals surface area contributed by atoms with Gasteiger partial charge in [-0.3, -0.25) is 28.6 Å². The van der Waals surface area contributed by atoms with Crippen molar-refractivity contribution in [3.63, 3.8) is 0 Å². The maximum atomic E-state index is 13.5. The Balaban J connectivity index is 1.17. The first-order valence-electron chi connectivity index (χ1n) is 13.1.